The van der Waals surface area contributed by atoms with E-state index in [1.807, 2.05) is 12.1 Å². The molecule has 0 fully saturated rings. The first kappa shape index (κ1) is 25.0. The van der Waals surface area contributed by atoms with E-state index in [2.05, 4.69) is 48.5 Å². The quantitative estimate of drug-likeness (QED) is 0.272. The van der Waals surface area contributed by atoms with Gasteiger partial charge in [-0.1, -0.05) is 56.1 Å². The van der Waals surface area contributed by atoms with Crippen molar-refractivity contribution in [1.82, 2.24) is 10.3 Å². The summed E-state index contributed by atoms with van der Waals surface area (Å²) >= 11 is 17.5. The SMILES string of the molecule is COc1c(Cl)cc(Cl)cc1C(=O)NC(=S)Nc1ccc2oc(-c3ccc(C(C)(C)C)cc3)nc2c1. The number of amides is 1. The van der Waals surface area contributed by atoms with Crippen molar-refractivity contribution >= 4 is 63.2 Å². The number of halogens is 2. The summed E-state index contributed by atoms with van der Waals surface area (Å²) in [6.07, 6.45) is 0. The smallest absolute Gasteiger partial charge is 0.261 e. The summed E-state index contributed by atoms with van der Waals surface area (Å²) in [4.78, 5) is 17.3. The molecule has 6 nitrogen and oxygen atoms in total. The molecule has 0 spiro atoms. The van der Waals surface area contributed by atoms with Gasteiger partial charge in [-0.25, -0.2) is 4.98 Å². The minimum absolute atomic E-state index is 0.0679. The highest BCUT2D eigenvalue weighted by molar-refractivity contribution is 7.80. The molecule has 2 N–H and O–H groups in total. The van der Waals surface area contributed by atoms with Gasteiger partial charge in [0.2, 0.25) is 5.89 Å². The molecule has 1 aromatic heterocycles. The molecule has 0 radical (unpaired) electrons. The van der Waals surface area contributed by atoms with Crippen LogP contribution in [0.3, 0.4) is 0 Å². The summed E-state index contributed by atoms with van der Waals surface area (Å²) in [5.74, 6) is 0.231. The van der Waals surface area contributed by atoms with Crippen LogP contribution in [0.15, 0.2) is 59.0 Å². The zero-order valence-corrected chi connectivity index (χ0v) is 21.9. The van der Waals surface area contributed by atoms with Crippen molar-refractivity contribution < 1.29 is 13.9 Å². The molecule has 0 bridgehead atoms. The van der Waals surface area contributed by atoms with E-state index in [1.54, 1.807) is 18.2 Å². The zero-order chi connectivity index (χ0) is 25.3. The predicted octanol–water partition coefficient (Wildman–Crippen LogP) is 7.23. The summed E-state index contributed by atoms with van der Waals surface area (Å²) in [5, 5.41) is 6.22. The van der Waals surface area contributed by atoms with Crippen LogP contribution in [0.4, 0.5) is 5.69 Å². The fourth-order valence-electron chi connectivity index (χ4n) is 3.51. The highest BCUT2D eigenvalue weighted by Crippen LogP contribution is 2.32. The van der Waals surface area contributed by atoms with Crippen LogP contribution in [-0.4, -0.2) is 23.1 Å². The van der Waals surface area contributed by atoms with E-state index in [4.69, 9.17) is 44.6 Å². The largest absolute Gasteiger partial charge is 0.494 e. The molecule has 3 aromatic carbocycles. The van der Waals surface area contributed by atoms with Crippen LogP contribution in [0.2, 0.25) is 10.0 Å². The fraction of sp³-hybridized carbons (Fsp3) is 0.192. The van der Waals surface area contributed by atoms with Crippen molar-refractivity contribution in [2.75, 3.05) is 12.4 Å². The molecule has 0 aliphatic rings. The monoisotopic (exact) mass is 527 g/mol. The molecule has 0 saturated heterocycles. The molecule has 4 rings (SSSR count). The van der Waals surface area contributed by atoms with Crippen molar-refractivity contribution in [3.05, 3.63) is 75.8 Å². The number of carbonyl (C=O) groups is 1. The summed E-state index contributed by atoms with van der Waals surface area (Å²) in [6, 6.07) is 16.5. The number of aromatic nitrogens is 1. The molecule has 0 aliphatic heterocycles. The Morgan fingerprint density at radius 1 is 1.06 bits per heavy atom. The van der Waals surface area contributed by atoms with E-state index in [9.17, 15) is 4.79 Å². The van der Waals surface area contributed by atoms with E-state index >= 15 is 0 Å². The van der Waals surface area contributed by atoms with Crippen molar-refractivity contribution in [2.45, 2.75) is 26.2 Å². The van der Waals surface area contributed by atoms with Gasteiger partial charge in [0.05, 0.1) is 17.7 Å². The number of methoxy groups -OCH3 is 1. The number of anilines is 1. The Bertz CT molecular complexity index is 1430. The van der Waals surface area contributed by atoms with Crippen molar-refractivity contribution in [2.24, 2.45) is 0 Å². The van der Waals surface area contributed by atoms with Crippen LogP contribution >= 0.6 is 35.4 Å². The Kier molecular flexibility index (Phi) is 7.03. The van der Waals surface area contributed by atoms with Gasteiger partial charge >= 0.3 is 0 Å². The molecule has 1 heterocycles. The fourth-order valence-corrected chi connectivity index (χ4v) is 4.29. The number of nitrogens with zero attached hydrogens (tertiary/aromatic N) is 1. The van der Waals surface area contributed by atoms with Crippen LogP contribution in [0.25, 0.3) is 22.6 Å². The second-order valence-corrected chi connectivity index (χ2v) is 10.2. The molecular weight excluding hydrogens is 505 g/mol. The second-order valence-electron chi connectivity index (χ2n) is 8.91. The lowest BCUT2D eigenvalue weighted by Gasteiger charge is -2.18. The third kappa shape index (κ3) is 5.59. The predicted molar refractivity (Wildman–Crippen MR) is 145 cm³/mol. The normalized spacial score (nSPS) is 11.4. The first-order chi connectivity index (χ1) is 16.5. The molecule has 0 atom stereocenters. The summed E-state index contributed by atoms with van der Waals surface area (Å²) in [7, 11) is 1.42. The number of benzene rings is 3. The number of hydrogen-bond donors (Lipinski definition) is 2. The maximum absolute atomic E-state index is 12.7. The number of thiocarbonyl (C=S) groups is 1. The van der Waals surface area contributed by atoms with Crippen LogP contribution < -0.4 is 15.4 Å². The summed E-state index contributed by atoms with van der Waals surface area (Å²) in [5.41, 5.74) is 4.29. The third-order valence-corrected chi connectivity index (χ3v) is 6.03. The summed E-state index contributed by atoms with van der Waals surface area (Å²) < 4.78 is 11.2. The summed E-state index contributed by atoms with van der Waals surface area (Å²) in [6.45, 7) is 6.51. The number of hydrogen-bond acceptors (Lipinski definition) is 5. The lowest BCUT2D eigenvalue weighted by Crippen LogP contribution is -2.34. The van der Waals surface area contributed by atoms with Crippen molar-refractivity contribution in [1.29, 1.82) is 0 Å². The van der Waals surface area contributed by atoms with Gasteiger partial charge in [-0.3, -0.25) is 10.1 Å². The van der Waals surface area contributed by atoms with Gasteiger partial charge in [0, 0.05) is 16.3 Å². The maximum atomic E-state index is 12.7. The van der Waals surface area contributed by atoms with E-state index in [1.165, 1.54) is 24.8 Å². The number of nitrogens with one attached hydrogen (secondary N) is 2. The lowest BCUT2D eigenvalue weighted by molar-refractivity contribution is 0.0974. The number of oxazole rings is 1. The average molecular weight is 528 g/mol. The molecule has 0 unspecified atom stereocenters. The third-order valence-electron chi connectivity index (χ3n) is 5.33. The minimum Gasteiger partial charge on any atom is -0.494 e. The number of ether oxygens (including phenoxy) is 1. The van der Waals surface area contributed by atoms with Gasteiger partial charge in [0.15, 0.2) is 10.7 Å². The van der Waals surface area contributed by atoms with E-state index in [0.29, 0.717) is 27.7 Å². The molecule has 0 saturated carbocycles. The number of rotatable bonds is 4. The standard InChI is InChI=1S/C26H23Cl2N3O3S/c1-26(2,3)15-7-5-14(6-8-15)24-30-20-13-17(9-10-21(20)34-24)29-25(35)31-23(32)18-11-16(27)12-19(28)22(18)33-4/h5-13H,1-4H3,(H2,29,31,32,35). The zero-order valence-electron chi connectivity index (χ0n) is 19.5. The average Bonchev–Trinajstić information content (AvgIpc) is 3.21. The van der Waals surface area contributed by atoms with E-state index < -0.39 is 5.91 Å². The van der Waals surface area contributed by atoms with Gasteiger partial charge in [-0.05, 0) is 65.7 Å². The van der Waals surface area contributed by atoms with Crippen molar-refractivity contribution in [3.63, 3.8) is 0 Å². The minimum atomic E-state index is -0.507. The first-order valence-electron chi connectivity index (χ1n) is 10.7. The molecule has 35 heavy (non-hydrogen) atoms. The molecule has 0 aliphatic carbocycles. The molecule has 180 valence electrons. The van der Waals surface area contributed by atoms with Gasteiger partial charge < -0.3 is 14.5 Å². The molecule has 4 aromatic rings. The van der Waals surface area contributed by atoms with Gasteiger partial charge in [-0.15, -0.1) is 0 Å². The maximum Gasteiger partial charge on any atom is 0.261 e. The Hall–Kier alpha value is -3.13. The highest BCUT2D eigenvalue weighted by atomic mass is 35.5. The number of carbonyl (C=O) groups excluding carboxylic acids is 1. The van der Waals surface area contributed by atoms with Crippen LogP contribution in [0, 0.1) is 0 Å². The number of fused-ring (bicyclic) bond motifs is 1. The molecule has 1 amide bonds. The van der Waals surface area contributed by atoms with Crippen LogP contribution in [0.5, 0.6) is 5.75 Å². The molecule has 9 heteroatoms. The Balaban J connectivity index is 1.49. The van der Waals surface area contributed by atoms with Crippen LogP contribution in [0.1, 0.15) is 36.7 Å². The lowest BCUT2D eigenvalue weighted by atomic mass is 9.87. The Morgan fingerprint density at radius 3 is 2.43 bits per heavy atom. The second kappa shape index (κ2) is 9.85. The van der Waals surface area contributed by atoms with Crippen LogP contribution in [-0.2, 0) is 5.41 Å². The topological polar surface area (TPSA) is 76.4 Å². The highest BCUT2D eigenvalue weighted by Gasteiger charge is 2.18. The first-order valence-corrected chi connectivity index (χ1v) is 11.9. The van der Waals surface area contributed by atoms with Gasteiger partial charge in [-0.2, -0.15) is 0 Å². The Labute approximate surface area is 218 Å². The Morgan fingerprint density at radius 2 is 1.77 bits per heavy atom. The molecular formula is C26H23Cl2N3O3S. The van der Waals surface area contributed by atoms with Crippen molar-refractivity contribution in [3.8, 4) is 17.2 Å². The van der Waals surface area contributed by atoms with Gasteiger partial charge in [0.1, 0.15) is 11.3 Å². The van der Waals surface area contributed by atoms with Gasteiger partial charge in [0.25, 0.3) is 5.91 Å². The van der Waals surface area contributed by atoms with E-state index in [0.717, 1.165) is 5.56 Å². The van der Waals surface area contributed by atoms with E-state index in [-0.39, 0.29) is 26.9 Å².